The monoisotopic (exact) mass is 619 g/mol. The van der Waals surface area contributed by atoms with Crippen LogP contribution >= 0.6 is 0 Å². The molecule has 1 fully saturated rings. The summed E-state index contributed by atoms with van der Waals surface area (Å²) in [4.78, 5) is 13.8. The highest BCUT2D eigenvalue weighted by Crippen LogP contribution is 2.31. The predicted molar refractivity (Wildman–Crippen MR) is 166 cm³/mol. The van der Waals surface area contributed by atoms with Gasteiger partial charge in [-0.05, 0) is 79.1 Å². The summed E-state index contributed by atoms with van der Waals surface area (Å²) in [5, 5.41) is 2.80. The van der Waals surface area contributed by atoms with Gasteiger partial charge in [0.05, 0.1) is 34.7 Å². The lowest BCUT2D eigenvalue weighted by Crippen LogP contribution is -2.35. The van der Waals surface area contributed by atoms with Gasteiger partial charge in [-0.2, -0.15) is 4.31 Å². The van der Waals surface area contributed by atoms with E-state index in [-0.39, 0.29) is 27.6 Å². The van der Waals surface area contributed by atoms with Gasteiger partial charge in [0.2, 0.25) is 10.0 Å². The number of amides is 1. The summed E-state index contributed by atoms with van der Waals surface area (Å²) in [6.45, 7) is 0.982. The van der Waals surface area contributed by atoms with E-state index in [1.807, 2.05) is 30.3 Å². The van der Waals surface area contributed by atoms with Crippen LogP contribution in [-0.4, -0.2) is 47.2 Å². The topological polar surface area (TPSA) is 113 Å². The van der Waals surface area contributed by atoms with Crippen molar-refractivity contribution in [3.8, 4) is 5.75 Å². The molecule has 9 nitrogen and oxygen atoms in total. The molecule has 4 aromatic rings. The van der Waals surface area contributed by atoms with Crippen molar-refractivity contribution in [2.45, 2.75) is 35.6 Å². The number of hydrogen-bond donors (Lipinski definition) is 1. The molecule has 0 aromatic heterocycles. The van der Waals surface area contributed by atoms with E-state index in [1.165, 1.54) is 52.1 Å². The normalized spacial score (nSPS) is 14.2. The fraction of sp³-hybridized carbons (Fsp3) is 0.219. The van der Waals surface area contributed by atoms with E-state index in [2.05, 4.69) is 5.32 Å². The number of para-hydroxylation sites is 1. The molecule has 5 rings (SSSR count). The Kier molecular flexibility index (Phi) is 9.14. The Balaban J connectivity index is 1.45. The molecule has 0 bridgehead atoms. The lowest BCUT2D eigenvalue weighted by atomic mass is 10.1. The molecular weight excluding hydrogens is 587 g/mol. The molecule has 0 aliphatic carbocycles. The van der Waals surface area contributed by atoms with Gasteiger partial charge >= 0.3 is 0 Å². The van der Waals surface area contributed by atoms with Crippen LogP contribution in [0.1, 0.15) is 35.2 Å². The SMILES string of the molecule is COc1ccc(S(=O)(=O)N(Cc2ccccc2)c2ccccc2C(=O)Nc2ccc(S(=O)(=O)N3CCCCC3)cc2)cc1. The van der Waals surface area contributed by atoms with Gasteiger partial charge in [0.1, 0.15) is 5.75 Å². The van der Waals surface area contributed by atoms with Gasteiger partial charge in [-0.1, -0.05) is 48.9 Å². The molecule has 0 unspecified atom stereocenters. The average Bonchev–Trinajstić information content (AvgIpc) is 3.04. The molecule has 4 aromatic carbocycles. The van der Waals surface area contributed by atoms with Crippen molar-refractivity contribution in [1.29, 1.82) is 0 Å². The molecule has 1 N–H and O–H groups in total. The zero-order valence-corrected chi connectivity index (χ0v) is 25.4. The lowest BCUT2D eigenvalue weighted by molar-refractivity contribution is 0.102. The molecule has 1 aliphatic heterocycles. The number of carbonyl (C=O) groups is 1. The zero-order chi connectivity index (χ0) is 30.5. The Morgan fingerprint density at radius 2 is 1.37 bits per heavy atom. The van der Waals surface area contributed by atoms with Gasteiger partial charge in [0.25, 0.3) is 15.9 Å². The summed E-state index contributed by atoms with van der Waals surface area (Å²) in [7, 11) is -6.23. The number of rotatable bonds is 10. The molecule has 0 saturated carbocycles. The summed E-state index contributed by atoms with van der Waals surface area (Å²) in [5.41, 5.74) is 1.45. The maximum absolute atomic E-state index is 14.0. The van der Waals surface area contributed by atoms with Gasteiger partial charge in [-0.25, -0.2) is 16.8 Å². The van der Waals surface area contributed by atoms with Crippen molar-refractivity contribution in [2.75, 3.05) is 29.8 Å². The van der Waals surface area contributed by atoms with E-state index in [9.17, 15) is 21.6 Å². The quantitative estimate of drug-likeness (QED) is 0.250. The van der Waals surface area contributed by atoms with Crippen LogP contribution in [0.3, 0.4) is 0 Å². The molecule has 1 amide bonds. The van der Waals surface area contributed by atoms with Gasteiger partial charge in [0, 0.05) is 18.8 Å². The number of nitrogens with one attached hydrogen (secondary N) is 1. The molecule has 1 aliphatic rings. The van der Waals surface area contributed by atoms with E-state index >= 15 is 0 Å². The molecule has 0 atom stereocenters. The first-order valence-electron chi connectivity index (χ1n) is 13.9. The second-order valence-electron chi connectivity index (χ2n) is 10.1. The van der Waals surface area contributed by atoms with Crippen LogP contribution in [0.2, 0.25) is 0 Å². The fourth-order valence-electron chi connectivity index (χ4n) is 4.97. The Morgan fingerprint density at radius 3 is 2.02 bits per heavy atom. The van der Waals surface area contributed by atoms with Crippen molar-refractivity contribution in [1.82, 2.24) is 4.31 Å². The zero-order valence-electron chi connectivity index (χ0n) is 23.7. The lowest BCUT2D eigenvalue weighted by Gasteiger charge is -2.27. The van der Waals surface area contributed by atoms with E-state index in [1.54, 1.807) is 36.4 Å². The first-order chi connectivity index (χ1) is 20.7. The fourth-order valence-corrected chi connectivity index (χ4v) is 7.96. The summed E-state index contributed by atoms with van der Waals surface area (Å²) >= 11 is 0. The number of benzene rings is 4. The van der Waals surface area contributed by atoms with Crippen molar-refractivity contribution < 1.29 is 26.4 Å². The van der Waals surface area contributed by atoms with Crippen LogP contribution in [0.4, 0.5) is 11.4 Å². The van der Waals surface area contributed by atoms with Gasteiger partial charge in [-0.3, -0.25) is 9.10 Å². The molecule has 0 spiro atoms. The summed E-state index contributed by atoms with van der Waals surface area (Å²) in [6, 6.07) is 27.7. The minimum absolute atomic E-state index is 0.0114. The average molecular weight is 620 g/mol. The molecule has 43 heavy (non-hydrogen) atoms. The molecule has 224 valence electrons. The van der Waals surface area contributed by atoms with Crippen molar-refractivity contribution in [3.05, 3.63) is 114 Å². The van der Waals surface area contributed by atoms with Gasteiger partial charge < -0.3 is 10.1 Å². The van der Waals surface area contributed by atoms with E-state index < -0.39 is 26.0 Å². The van der Waals surface area contributed by atoms with Crippen LogP contribution < -0.4 is 14.4 Å². The number of ether oxygens (including phenoxy) is 1. The maximum Gasteiger partial charge on any atom is 0.264 e. The molecule has 0 radical (unpaired) electrons. The van der Waals surface area contributed by atoms with Gasteiger partial charge in [0.15, 0.2) is 0 Å². The molecule has 1 heterocycles. The molecule has 1 saturated heterocycles. The highest BCUT2D eigenvalue weighted by atomic mass is 32.2. The Hall–Kier alpha value is -4.19. The highest BCUT2D eigenvalue weighted by molar-refractivity contribution is 7.92. The number of methoxy groups -OCH3 is 1. The van der Waals surface area contributed by atoms with Crippen molar-refractivity contribution in [3.63, 3.8) is 0 Å². The van der Waals surface area contributed by atoms with E-state index in [0.717, 1.165) is 24.8 Å². The van der Waals surface area contributed by atoms with Gasteiger partial charge in [-0.15, -0.1) is 0 Å². The van der Waals surface area contributed by atoms with Crippen LogP contribution in [0.25, 0.3) is 0 Å². The number of sulfonamides is 2. The van der Waals surface area contributed by atoms with Crippen LogP contribution in [0, 0.1) is 0 Å². The van der Waals surface area contributed by atoms with E-state index in [4.69, 9.17) is 4.74 Å². The summed E-state index contributed by atoms with van der Waals surface area (Å²) in [5.74, 6) is -0.0201. The van der Waals surface area contributed by atoms with Crippen LogP contribution in [-0.2, 0) is 26.6 Å². The van der Waals surface area contributed by atoms with E-state index in [0.29, 0.717) is 24.5 Å². The molecule has 11 heteroatoms. The number of hydrogen-bond acceptors (Lipinski definition) is 6. The third-order valence-electron chi connectivity index (χ3n) is 7.30. The first kappa shape index (κ1) is 30.3. The van der Waals surface area contributed by atoms with Crippen molar-refractivity contribution >= 4 is 37.3 Å². The minimum Gasteiger partial charge on any atom is -0.497 e. The summed E-state index contributed by atoms with van der Waals surface area (Å²) < 4.78 is 62.0. The third kappa shape index (κ3) is 6.74. The Morgan fingerprint density at radius 1 is 0.767 bits per heavy atom. The number of anilines is 2. The Bertz CT molecular complexity index is 1770. The standard InChI is InChI=1S/C32H33N3O6S2/c1-41-27-16-20-29(21-17-27)43(39,40)35(24-25-10-4-2-5-11-25)31-13-7-6-12-30(31)32(36)33-26-14-18-28(19-15-26)42(37,38)34-22-8-3-9-23-34/h2,4-7,10-21H,3,8-9,22-24H2,1H3,(H,33,36). The largest absolute Gasteiger partial charge is 0.497 e. The third-order valence-corrected chi connectivity index (χ3v) is 11.0. The maximum atomic E-state index is 14.0. The number of carbonyl (C=O) groups excluding carboxylic acids is 1. The second-order valence-corrected chi connectivity index (χ2v) is 13.9. The summed E-state index contributed by atoms with van der Waals surface area (Å²) in [6.07, 6.45) is 2.69. The highest BCUT2D eigenvalue weighted by Gasteiger charge is 2.29. The first-order valence-corrected chi connectivity index (χ1v) is 16.8. The smallest absolute Gasteiger partial charge is 0.264 e. The number of piperidine rings is 1. The minimum atomic E-state index is -4.11. The Labute approximate surface area is 252 Å². The predicted octanol–water partition coefficient (Wildman–Crippen LogP) is 5.52. The second kappa shape index (κ2) is 13.0. The van der Waals surface area contributed by atoms with Crippen LogP contribution in [0.15, 0.2) is 113 Å². The van der Waals surface area contributed by atoms with Crippen molar-refractivity contribution in [2.24, 2.45) is 0 Å². The molecular formula is C32H33N3O6S2. The number of nitrogens with zero attached hydrogens (tertiary/aromatic N) is 2. The van der Waals surface area contributed by atoms with Crippen LogP contribution in [0.5, 0.6) is 5.75 Å².